The molecule has 4 heteroatoms. The number of benzene rings is 1. The van der Waals surface area contributed by atoms with Gasteiger partial charge in [-0.2, -0.15) is 0 Å². The summed E-state index contributed by atoms with van der Waals surface area (Å²) in [5, 5.41) is 0. The number of nitrogens with two attached hydrogens (primary N) is 1. The molecule has 0 spiro atoms. The molecule has 3 nitrogen and oxygen atoms in total. The van der Waals surface area contributed by atoms with Crippen molar-refractivity contribution in [3.05, 3.63) is 35.6 Å². The zero-order valence-corrected chi connectivity index (χ0v) is 12.4. The minimum Gasteiger partial charge on any atom is -0.324 e. The summed E-state index contributed by atoms with van der Waals surface area (Å²) in [7, 11) is 2.15. The Labute approximate surface area is 121 Å². The molecule has 2 rings (SSSR count). The van der Waals surface area contributed by atoms with E-state index in [-0.39, 0.29) is 11.9 Å². The molecule has 1 aliphatic rings. The number of likely N-dealkylation sites (N-methyl/N-ethyl adjacent to an activating group) is 1. The molecule has 1 fully saturated rings. The minimum absolute atomic E-state index is 0.00941. The summed E-state index contributed by atoms with van der Waals surface area (Å²) >= 11 is 0. The van der Waals surface area contributed by atoms with Crippen molar-refractivity contribution in [1.82, 2.24) is 9.80 Å². The fourth-order valence-corrected chi connectivity index (χ4v) is 2.67. The van der Waals surface area contributed by atoms with Gasteiger partial charge in [0.05, 0.1) is 0 Å². The molecule has 0 radical (unpaired) electrons. The highest BCUT2D eigenvalue weighted by Crippen LogP contribution is 2.15. The lowest BCUT2D eigenvalue weighted by atomic mass is 10.0. The van der Waals surface area contributed by atoms with E-state index in [0.29, 0.717) is 0 Å². The second kappa shape index (κ2) is 7.72. The van der Waals surface area contributed by atoms with Crippen LogP contribution in [-0.4, -0.2) is 49.6 Å². The van der Waals surface area contributed by atoms with Crippen molar-refractivity contribution in [2.75, 3.05) is 39.8 Å². The molecule has 20 heavy (non-hydrogen) atoms. The molecule has 0 bridgehead atoms. The summed E-state index contributed by atoms with van der Waals surface area (Å²) in [5.74, 6) is -0.205. The van der Waals surface area contributed by atoms with Gasteiger partial charge in [0.1, 0.15) is 5.82 Å². The maximum Gasteiger partial charge on any atom is 0.123 e. The Morgan fingerprint density at radius 1 is 1.20 bits per heavy atom. The van der Waals surface area contributed by atoms with E-state index in [9.17, 15) is 4.39 Å². The molecule has 112 valence electrons. The largest absolute Gasteiger partial charge is 0.324 e. The standard InChI is InChI=1S/C16H26FN3/c1-19(12-13-20-9-2-3-10-20)11-8-16(18)14-4-6-15(17)7-5-14/h4-7,16H,2-3,8-13,18H2,1H3. The average Bonchev–Trinajstić information content (AvgIpc) is 2.96. The second-order valence-corrected chi connectivity index (χ2v) is 5.80. The normalized spacial score (nSPS) is 17.8. The first-order valence-corrected chi connectivity index (χ1v) is 7.57. The Balaban J connectivity index is 1.66. The number of hydrogen-bond donors (Lipinski definition) is 1. The van der Waals surface area contributed by atoms with Gasteiger partial charge in [-0.15, -0.1) is 0 Å². The zero-order valence-electron chi connectivity index (χ0n) is 12.4. The van der Waals surface area contributed by atoms with E-state index in [4.69, 9.17) is 5.73 Å². The molecule has 1 heterocycles. The van der Waals surface area contributed by atoms with Crippen molar-refractivity contribution in [2.45, 2.75) is 25.3 Å². The fourth-order valence-electron chi connectivity index (χ4n) is 2.67. The Bertz CT molecular complexity index is 387. The van der Waals surface area contributed by atoms with E-state index in [0.717, 1.165) is 31.6 Å². The highest BCUT2D eigenvalue weighted by Gasteiger charge is 2.12. The van der Waals surface area contributed by atoms with E-state index in [2.05, 4.69) is 16.8 Å². The van der Waals surface area contributed by atoms with Crippen LogP contribution in [0, 0.1) is 5.82 Å². The quantitative estimate of drug-likeness (QED) is 0.831. The van der Waals surface area contributed by atoms with E-state index >= 15 is 0 Å². The molecule has 0 amide bonds. The van der Waals surface area contributed by atoms with Gasteiger partial charge < -0.3 is 15.5 Å². The molecule has 1 unspecified atom stereocenters. The molecular weight excluding hydrogens is 253 g/mol. The third-order valence-electron chi connectivity index (χ3n) is 4.12. The summed E-state index contributed by atoms with van der Waals surface area (Å²) in [5.41, 5.74) is 7.17. The summed E-state index contributed by atoms with van der Waals surface area (Å²) in [6, 6.07) is 6.51. The van der Waals surface area contributed by atoms with Gasteiger partial charge in [-0.1, -0.05) is 12.1 Å². The molecule has 0 aliphatic carbocycles. The number of rotatable bonds is 7. The topological polar surface area (TPSA) is 32.5 Å². The fraction of sp³-hybridized carbons (Fsp3) is 0.625. The van der Waals surface area contributed by atoms with Crippen molar-refractivity contribution in [3.8, 4) is 0 Å². The number of likely N-dealkylation sites (tertiary alicyclic amines) is 1. The van der Waals surface area contributed by atoms with Gasteiger partial charge in [0, 0.05) is 19.1 Å². The summed E-state index contributed by atoms with van der Waals surface area (Å²) in [6.45, 7) is 5.73. The van der Waals surface area contributed by atoms with Crippen LogP contribution in [-0.2, 0) is 0 Å². The summed E-state index contributed by atoms with van der Waals surface area (Å²) in [4.78, 5) is 4.86. The molecule has 2 N–H and O–H groups in total. The lowest BCUT2D eigenvalue weighted by Gasteiger charge is -2.22. The first kappa shape index (κ1) is 15.4. The molecule has 1 atom stereocenters. The second-order valence-electron chi connectivity index (χ2n) is 5.80. The van der Waals surface area contributed by atoms with Gasteiger partial charge in [0.25, 0.3) is 0 Å². The smallest absolute Gasteiger partial charge is 0.123 e. The lowest BCUT2D eigenvalue weighted by Crippen LogP contribution is -2.33. The Hall–Kier alpha value is -0.970. The van der Waals surface area contributed by atoms with Crippen LogP contribution in [0.5, 0.6) is 0 Å². The lowest BCUT2D eigenvalue weighted by molar-refractivity contribution is 0.251. The van der Waals surface area contributed by atoms with E-state index < -0.39 is 0 Å². The molecule has 1 aromatic rings. The third kappa shape index (κ3) is 4.85. The molecular formula is C16H26FN3. The summed E-state index contributed by atoms with van der Waals surface area (Å²) in [6.07, 6.45) is 3.60. The van der Waals surface area contributed by atoms with Crippen LogP contribution >= 0.6 is 0 Å². The van der Waals surface area contributed by atoms with Crippen LogP contribution < -0.4 is 5.73 Å². The first-order chi connectivity index (χ1) is 9.65. The van der Waals surface area contributed by atoms with Gasteiger partial charge in [0.2, 0.25) is 0 Å². The van der Waals surface area contributed by atoms with Crippen LogP contribution in [0.3, 0.4) is 0 Å². The number of nitrogens with zero attached hydrogens (tertiary/aromatic N) is 2. The van der Waals surface area contributed by atoms with Gasteiger partial charge in [-0.3, -0.25) is 0 Å². The van der Waals surface area contributed by atoms with Gasteiger partial charge in [0.15, 0.2) is 0 Å². The molecule has 0 saturated carbocycles. The Morgan fingerprint density at radius 2 is 1.85 bits per heavy atom. The first-order valence-electron chi connectivity index (χ1n) is 7.57. The highest BCUT2D eigenvalue weighted by atomic mass is 19.1. The monoisotopic (exact) mass is 279 g/mol. The Morgan fingerprint density at radius 3 is 2.50 bits per heavy atom. The predicted octanol–water partition coefficient (Wildman–Crippen LogP) is 2.24. The van der Waals surface area contributed by atoms with Crippen molar-refractivity contribution >= 4 is 0 Å². The van der Waals surface area contributed by atoms with Crippen molar-refractivity contribution in [1.29, 1.82) is 0 Å². The number of halogens is 1. The van der Waals surface area contributed by atoms with Crippen molar-refractivity contribution in [3.63, 3.8) is 0 Å². The third-order valence-corrected chi connectivity index (χ3v) is 4.12. The molecule has 1 saturated heterocycles. The highest BCUT2D eigenvalue weighted by molar-refractivity contribution is 5.19. The van der Waals surface area contributed by atoms with Crippen LogP contribution in [0.1, 0.15) is 30.9 Å². The minimum atomic E-state index is -0.205. The maximum absolute atomic E-state index is 12.9. The maximum atomic E-state index is 12.9. The predicted molar refractivity (Wildman–Crippen MR) is 81.1 cm³/mol. The summed E-state index contributed by atoms with van der Waals surface area (Å²) < 4.78 is 12.9. The van der Waals surface area contributed by atoms with Gasteiger partial charge in [-0.25, -0.2) is 4.39 Å². The van der Waals surface area contributed by atoms with Crippen LogP contribution in [0.4, 0.5) is 4.39 Å². The Kier molecular flexibility index (Phi) is 5.95. The van der Waals surface area contributed by atoms with Gasteiger partial charge >= 0.3 is 0 Å². The van der Waals surface area contributed by atoms with E-state index in [1.54, 1.807) is 12.1 Å². The van der Waals surface area contributed by atoms with Gasteiger partial charge in [-0.05, 0) is 63.6 Å². The van der Waals surface area contributed by atoms with Crippen molar-refractivity contribution < 1.29 is 4.39 Å². The average molecular weight is 279 g/mol. The van der Waals surface area contributed by atoms with Crippen molar-refractivity contribution in [2.24, 2.45) is 5.73 Å². The van der Waals surface area contributed by atoms with Crippen LogP contribution in [0.25, 0.3) is 0 Å². The molecule has 0 aromatic heterocycles. The van der Waals surface area contributed by atoms with E-state index in [1.165, 1.54) is 38.1 Å². The zero-order chi connectivity index (χ0) is 14.4. The van der Waals surface area contributed by atoms with Crippen LogP contribution in [0.15, 0.2) is 24.3 Å². The molecule has 1 aromatic carbocycles. The SMILES string of the molecule is CN(CCC(N)c1ccc(F)cc1)CCN1CCCC1. The van der Waals surface area contributed by atoms with Crippen LogP contribution in [0.2, 0.25) is 0 Å². The molecule has 1 aliphatic heterocycles. The van der Waals surface area contributed by atoms with E-state index in [1.807, 2.05) is 0 Å². The number of hydrogen-bond acceptors (Lipinski definition) is 3.